The Morgan fingerprint density at radius 1 is 1.26 bits per heavy atom. The minimum atomic E-state index is -0.288. The molecule has 3 nitrogen and oxygen atoms in total. The van der Waals surface area contributed by atoms with Gasteiger partial charge >= 0.3 is 0 Å². The van der Waals surface area contributed by atoms with Gasteiger partial charge in [0, 0.05) is 16.2 Å². The van der Waals surface area contributed by atoms with E-state index in [9.17, 15) is 0 Å². The van der Waals surface area contributed by atoms with Crippen molar-refractivity contribution >= 4 is 15.9 Å². The Kier molecular flexibility index (Phi) is 4.22. The number of ether oxygens (including phenoxy) is 1. The number of benzene rings is 1. The maximum absolute atomic E-state index is 6.34. The van der Waals surface area contributed by atoms with E-state index in [4.69, 9.17) is 10.5 Å². The maximum Gasteiger partial charge on any atom is 0.124 e. The van der Waals surface area contributed by atoms with Gasteiger partial charge in [-0.3, -0.25) is 4.98 Å². The van der Waals surface area contributed by atoms with E-state index < -0.39 is 0 Å². The average molecular weight is 321 g/mol. The van der Waals surface area contributed by atoms with Crippen molar-refractivity contribution in [3.05, 3.63) is 57.3 Å². The lowest BCUT2D eigenvalue weighted by Crippen LogP contribution is -2.16. The van der Waals surface area contributed by atoms with Crippen LogP contribution in [0.3, 0.4) is 0 Å². The Morgan fingerprint density at radius 2 is 2.00 bits per heavy atom. The molecular formula is C15H17BrN2O. The summed E-state index contributed by atoms with van der Waals surface area (Å²) in [5, 5.41) is 0. The van der Waals surface area contributed by atoms with Gasteiger partial charge in [-0.25, -0.2) is 0 Å². The van der Waals surface area contributed by atoms with Crippen molar-refractivity contribution in [2.75, 3.05) is 7.11 Å². The van der Waals surface area contributed by atoms with E-state index in [0.717, 1.165) is 32.6 Å². The van der Waals surface area contributed by atoms with Crippen LogP contribution in [0.2, 0.25) is 0 Å². The molecule has 2 aromatic rings. The molecule has 0 radical (unpaired) electrons. The fraction of sp³-hybridized carbons (Fsp3) is 0.267. The Labute approximate surface area is 121 Å². The van der Waals surface area contributed by atoms with Gasteiger partial charge in [0.25, 0.3) is 0 Å². The largest absolute Gasteiger partial charge is 0.496 e. The summed E-state index contributed by atoms with van der Waals surface area (Å²) in [6.45, 7) is 4.09. The molecule has 1 heterocycles. The van der Waals surface area contributed by atoms with Crippen molar-refractivity contribution in [2.45, 2.75) is 19.9 Å². The highest BCUT2D eigenvalue weighted by Gasteiger charge is 2.18. The van der Waals surface area contributed by atoms with Crippen molar-refractivity contribution in [1.82, 2.24) is 4.98 Å². The zero-order valence-electron chi connectivity index (χ0n) is 11.3. The molecule has 4 heteroatoms. The fourth-order valence-corrected chi connectivity index (χ4v) is 2.46. The van der Waals surface area contributed by atoms with E-state index >= 15 is 0 Å². The Bertz CT molecular complexity index is 581. The number of aryl methyl sites for hydroxylation is 2. The van der Waals surface area contributed by atoms with Gasteiger partial charge in [0.15, 0.2) is 0 Å². The fourth-order valence-electron chi connectivity index (χ4n) is 2.23. The Morgan fingerprint density at radius 3 is 2.58 bits per heavy atom. The third-order valence-electron chi connectivity index (χ3n) is 3.09. The number of rotatable bonds is 3. The van der Waals surface area contributed by atoms with Crippen LogP contribution in [-0.2, 0) is 0 Å². The van der Waals surface area contributed by atoms with Gasteiger partial charge in [-0.2, -0.15) is 0 Å². The molecule has 0 spiro atoms. The number of aromatic nitrogens is 1. The second-order valence-corrected chi connectivity index (χ2v) is 5.49. The highest BCUT2D eigenvalue weighted by atomic mass is 79.9. The molecular weight excluding hydrogens is 304 g/mol. The first kappa shape index (κ1) is 14.0. The minimum Gasteiger partial charge on any atom is -0.496 e. The van der Waals surface area contributed by atoms with Gasteiger partial charge in [0.1, 0.15) is 5.75 Å². The summed E-state index contributed by atoms with van der Waals surface area (Å²) in [4.78, 5) is 4.37. The Balaban J connectivity index is 2.49. The van der Waals surface area contributed by atoms with Gasteiger partial charge < -0.3 is 10.5 Å². The predicted octanol–water partition coefficient (Wildman–Crippen LogP) is 3.52. The molecule has 0 fully saturated rings. The topological polar surface area (TPSA) is 48.1 Å². The Hall–Kier alpha value is -1.39. The second-order valence-electron chi connectivity index (χ2n) is 4.58. The van der Waals surface area contributed by atoms with Crippen molar-refractivity contribution in [3.63, 3.8) is 0 Å². The van der Waals surface area contributed by atoms with Crippen LogP contribution in [0.15, 0.2) is 34.9 Å². The second kappa shape index (κ2) is 5.72. The summed E-state index contributed by atoms with van der Waals surface area (Å²) in [5.41, 5.74) is 10.4. The predicted molar refractivity (Wildman–Crippen MR) is 80.4 cm³/mol. The van der Waals surface area contributed by atoms with Crippen LogP contribution in [-0.4, -0.2) is 12.1 Å². The van der Waals surface area contributed by atoms with E-state index in [-0.39, 0.29) is 6.04 Å². The molecule has 0 aliphatic heterocycles. The maximum atomic E-state index is 6.34. The van der Waals surface area contributed by atoms with Crippen LogP contribution in [0.25, 0.3) is 0 Å². The van der Waals surface area contributed by atoms with E-state index in [1.807, 2.05) is 32.0 Å². The van der Waals surface area contributed by atoms with Crippen molar-refractivity contribution in [1.29, 1.82) is 0 Å². The van der Waals surface area contributed by atoms with E-state index in [1.54, 1.807) is 13.3 Å². The van der Waals surface area contributed by atoms with Crippen LogP contribution >= 0.6 is 15.9 Å². The molecule has 2 rings (SSSR count). The number of nitrogens with zero attached hydrogens (tertiary/aromatic N) is 1. The SMILES string of the molecule is COc1cc(C)cc(C)c1C(N)c1ccc(Br)cn1. The summed E-state index contributed by atoms with van der Waals surface area (Å²) in [7, 11) is 1.67. The molecule has 2 N–H and O–H groups in total. The molecule has 19 heavy (non-hydrogen) atoms. The molecule has 100 valence electrons. The zero-order valence-corrected chi connectivity index (χ0v) is 12.9. The summed E-state index contributed by atoms with van der Waals surface area (Å²) in [6.07, 6.45) is 1.76. The third kappa shape index (κ3) is 2.96. The van der Waals surface area contributed by atoms with Crippen LogP contribution in [0.4, 0.5) is 0 Å². The molecule has 1 atom stereocenters. The normalized spacial score (nSPS) is 12.3. The zero-order chi connectivity index (χ0) is 14.0. The molecule has 0 aliphatic carbocycles. The molecule has 0 aliphatic rings. The number of hydrogen-bond donors (Lipinski definition) is 1. The lowest BCUT2D eigenvalue weighted by atomic mass is 9.96. The van der Waals surface area contributed by atoms with Crippen LogP contribution in [0, 0.1) is 13.8 Å². The quantitative estimate of drug-likeness (QED) is 0.941. The smallest absolute Gasteiger partial charge is 0.124 e. The van der Waals surface area contributed by atoms with Crippen molar-refractivity contribution < 1.29 is 4.74 Å². The van der Waals surface area contributed by atoms with E-state index in [0.29, 0.717) is 0 Å². The number of methoxy groups -OCH3 is 1. The lowest BCUT2D eigenvalue weighted by Gasteiger charge is -2.18. The summed E-state index contributed by atoms with van der Waals surface area (Å²) >= 11 is 3.37. The molecule has 0 amide bonds. The van der Waals surface area contributed by atoms with Gasteiger partial charge in [-0.1, -0.05) is 6.07 Å². The van der Waals surface area contributed by atoms with Crippen LogP contribution in [0.1, 0.15) is 28.4 Å². The number of halogens is 1. The van der Waals surface area contributed by atoms with Gasteiger partial charge in [-0.05, 0) is 59.1 Å². The van der Waals surface area contributed by atoms with Crippen molar-refractivity contribution in [2.24, 2.45) is 5.73 Å². The number of hydrogen-bond acceptors (Lipinski definition) is 3. The monoisotopic (exact) mass is 320 g/mol. The highest BCUT2D eigenvalue weighted by Crippen LogP contribution is 2.31. The molecule has 1 aromatic carbocycles. The molecule has 1 unspecified atom stereocenters. The molecule has 0 saturated heterocycles. The first-order valence-corrected chi connectivity index (χ1v) is 6.84. The standard InChI is InChI=1S/C15H17BrN2O/c1-9-6-10(2)14(13(7-9)19-3)15(17)12-5-4-11(16)8-18-12/h4-8,15H,17H2,1-3H3. The van der Waals surface area contributed by atoms with E-state index in [2.05, 4.69) is 27.0 Å². The first-order chi connectivity index (χ1) is 9.02. The number of nitrogens with two attached hydrogens (primary N) is 1. The third-order valence-corrected chi connectivity index (χ3v) is 3.56. The average Bonchev–Trinajstić information content (AvgIpc) is 2.38. The lowest BCUT2D eigenvalue weighted by molar-refractivity contribution is 0.406. The minimum absolute atomic E-state index is 0.288. The van der Waals surface area contributed by atoms with Gasteiger partial charge in [-0.15, -0.1) is 0 Å². The first-order valence-electron chi connectivity index (χ1n) is 6.05. The van der Waals surface area contributed by atoms with Gasteiger partial charge in [0.2, 0.25) is 0 Å². The van der Waals surface area contributed by atoms with Crippen molar-refractivity contribution in [3.8, 4) is 5.75 Å². The van der Waals surface area contributed by atoms with Gasteiger partial charge in [0.05, 0.1) is 18.8 Å². The van der Waals surface area contributed by atoms with Crippen LogP contribution < -0.4 is 10.5 Å². The summed E-state index contributed by atoms with van der Waals surface area (Å²) in [5.74, 6) is 0.815. The number of pyridine rings is 1. The van der Waals surface area contributed by atoms with E-state index in [1.165, 1.54) is 0 Å². The summed E-state index contributed by atoms with van der Waals surface area (Å²) < 4.78 is 6.40. The molecule has 0 bridgehead atoms. The molecule has 1 aromatic heterocycles. The van der Waals surface area contributed by atoms with Crippen LogP contribution in [0.5, 0.6) is 5.75 Å². The summed E-state index contributed by atoms with van der Waals surface area (Å²) in [6, 6.07) is 7.69. The highest BCUT2D eigenvalue weighted by molar-refractivity contribution is 9.10. The molecule has 0 saturated carbocycles.